The molecule has 0 aromatic heterocycles. The fourth-order valence-electron chi connectivity index (χ4n) is 3.07. The van der Waals surface area contributed by atoms with E-state index < -0.39 is 5.54 Å². The Hall–Kier alpha value is -1.58. The van der Waals surface area contributed by atoms with Crippen LogP contribution in [0.4, 0.5) is 4.39 Å². The third kappa shape index (κ3) is 1.51. The molecular weight excluding hydrogens is 219 g/mol. The van der Waals surface area contributed by atoms with Crippen molar-refractivity contribution in [2.24, 2.45) is 16.6 Å². The van der Waals surface area contributed by atoms with E-state index in [0.29, 0.717) is 12.2 Å². The molecule has 1 aromatic rings. The van der Waals surface area contributed by atoms with E-state index in [4.69, 9.17) is 10.5 Å². The molecule has 0 saturated heterocycles. The molecule has 1 fully saturated rings. The Labute approximate surface area is 99.5 Å². The molecule has 0 unspecified atom stereocenters. The van der Waals surface area contributed by atoms with Crippen molar-refractivity contribution < 1.29 is 9.13 Å². The largest absolute Gasteiger partial charge is 0.465 e. The molecule has 1 aliphatic carbocycles. The van der Waals surface area contributed by atoms with Gasteiger partial charge in [-0.2, -0.15) is 0 Å². The van der Waals surface area contributed by atoms with Gasteiger partial charge in [-0.15, -0.1) is 0 Å². The molecule has 1 aromatic carbocycles. The monoisotopic (exact) mass is 234 g/mol. The van der Waals surface area contributed by atoms with E-state index in [2.05, 4.69) is 4.99 Å². The lowest BCUT2D eigenvalue weighted by Crippen LogP contribution is -2.40. The second-order valence-corrected chi connectivity index (χ2v) is 4.75. The molecule has 0 bridgehead atoms. The van der Waals surface area contributed by atoms with E-state index in [0.717, 1.165) is 19.3 Å². The number of rotatable bonds is 1. The molecule has 0 radical (unpaired) electrons. The van der Waals surface area contributed by atoms with E-state index in [-0.39, 0.29) is 17.8 Å². The average Bonchev–Trinajstić information content (AvgIpc) is 2.73. The molecule has 2 N–H and O–H groups in total. The van der Waals surface area contributed by atoms with Gasteiger partial charge in [-0.3, -0.25) is 0 Å². The molecule has 1 heterocycles. The Bertz CT molecular complexity index is 474. The van der Waals surface area contributed by atoms with Crippen LogP contribution in [0.1, 0.15) is 24.8 Å². The summed E-state index contributed by atoms with van der Waals surface area (Å²) in [5.74, 6) is 0.0459. The van der Waals surface area contributed by atoms with Crippen molar-refractivity contribution in [3.63, 3.8) is 0 Å². The van der Waals surface area contributed by atoms with E-state index in [1.54, 1.807) is 6.07 Å². The van der Waals surface area contributed by atoms with Crippen LogP contribution in [0.25, 0.3) is 0 Å². The van der Waals surface area contributed by atoms with Crippen LogP contribution in [-0.2, 0) is 10.3 Å². The topological polar surface area (TPSA) is 47.6 Å². The molecule has 0 spiro atoms. The summed E-state index contributed by atoms with van der Waals surface area (Å²) in [5.41, 5.74) is 5.84. The summed E-state index contributed by atoms with van der Waals surface area (Å²) in [6, 6.07) is 7.04. The summed E-state index contributed by atoms with van der Waals surface area (Å²) in [4.78, 5) is 4.44. The standard InChI is InChI=1S/C13H15FN2O/c14-11-6-2-1-5-10(11)13-7-3-4-9(13)8-17-12(15)16-13/h1-2,5-6,9H,3-4,7-8H2,(H2,15,16)/t9-,13-/m0/s1. The molecule has 3 nitrogen and oxygen atoms in total. The number of hydrogen-bond donors (Lipinski definition) is 1. The normalized spacial score (nSPS) is 31.6. The second kappa shape index (κ2) is 3.72. The maximum Gasteiger partial charge on any atom is 0.282 e. The van der Waals surface area contributed by atoms with Crippen molar-refractivity contribution in [2.45, 2.75) is 24.8 Å². The van der Waals surface area contributed by atoms with E-state index >= 15 is 0 Å². The lowest BCUT2D eigenvalue weighted by Gasteiger charge is -2.35. The fraction of sp³-hybridized carbons (Fsp3) is 0.462. The summed E-state index contributed by atoms with van der Waals surface area (Å²) in [6.07, 6.45) is 2.91. The Morgan fingerprint density at radius 1 is 1.41 bits per heavy atom. The summed E-state index contributed by atoms with van der Waals surface area (Å²) >= 11 is 0. The Morgan fingerprint density at radius 3 is 3.06 bits per heavy atom. The first-order valence-corrected chi connectivity index (χ1v) is 5.95. The fourth-order valence-corrected chi connectivity index (χ4v) is 3.07. The minimum atomic E-state index is -0.492. The summed E-state index contributed by atoms with van der Waals surface area (Å²) in [6.45, 7) is 0.545. The van der Waals surface area contributed by atoms with Crippen LogP contribution in [-0.4, -0.2) is 12.6 Å². The number of nitrogens with zero attached hydrogens (tertiary/aromatic N) is 1. The quantitative estimate of drug-likeness (QED) is 0.809. The van der Waals surface area contributed by atoms with Crippen molar-refractivity contribution >= 4 is 6.02 Å². The van der Waals surface area contributed by atoms with Gasteiger partial charge in [0, 0.05) is 11.5 Å². The van der Waals surface area contributed by atoms with Gasteiger partial charge in [0.1, 0.15) is 5.82 Å². The van der Waals surface area contributed by atoms with Crippen molar-refractivity contribution in [1.29, 1.82) is 0 Å². The van der Waals surface area contributed by atoms with Gasteiger partial charge in [0.15, 0.2) is 0 Å². The van der Waals surface area contributed by atoms with Crippen LogP contribution in [0.2, 0.25) is 0 Å². The summed E-state index contributed by atoms with van der Waals surface area (Å²) < 4.78 is 19.3. The van der Waals surface area contributed by atoms with Gasteiger partial charge in [-0.05, 0) is 18.9 Å². The van der Waals surface area contributed by atoms with Gasteiger partial charge in [-0.25, -0.2) is 9.38 Å². The molecule has 4 heteroatoms. The van der Waals surface area contributed by atoms with Crippen LogP contribution < -0.4 is 5.73 Å². The number of ether oxygens (including phenoxy) is 1. The zero-order chi connectivity index (χ0) is 11.9. The number of benzene rings is 1. The second-order valence-electron chi connectivity index (χ2n) is 4.75. The number of halogens is 1. The third-order valence-corrected chi connectivity index (χ3v) is 3.87. The molecule has 2 atom stereocenters. The minimum absolute atomic E-state index is 0.186. The highest BCUT2D eigenvalue weighted by Gasteiger charge is 2.48. The zero-order valence-corrected chi connectivity index (χ0v) is 9.53. The maximum absolute atomic E-state index is 14.0. The van der Waals surface area contributed by atoms with Crippen molar-refractivity contribution in [3.05, 3.63) is 35.6 Å². The van der Waals surface area contributed by atoms with Crippen molar-refractivity contribution in [3.8, 4) is 0 Å². The van der Waals surface area contributed by atoms with Gasteiger partial charge in [0.25, 0.3) is 6.02 Å². The molecular formula is C13H15FN2O. The first-order chi connectivity index (χ1) is 8.22. The Kier molecular flexibility index (Phi) is 2.31. The van der Waals surface area contributed by atoms with Crippen LogP contribution in [0, 0.1) is 11.7 Å². The third-order valence-electron chi connectivity index (χ3n) is 3.87. The first-order valence-electron chi connectivity index (χ1n) is 5.95. The molecule has 17 heavy (non-hydrogen) atoms. The first kappa shape index (κ1) is 10.6. The van der Waals surface area contributed by atoms with Crippen LogP contribution in [0.15, 0.2) is 29.3 Å². The van der Waals surface area contributed by atoms with Crippen LogP contribution in [0.5, 0.6) is 0 Å². The highest BCUT2D eigenvalue weighted by Crippen LogP contribution is 2.49. The van der Waals surface area contributed by atoms with E-state index in [9.17, 15) is 4.39 Å². The number of hydrogen-bond acceptors (Lipinski definition) is 3. The molecule has 0 amide bonds. The molecule has 2 aliphatic rings. The molecule has 3 rings (SSSR count). The van der Waals surface area contributed by atoms with Gasteiger partial charge in [0.05, 0.1) is 12.1 Å². The number of nitrogens with two attached hydrogens (primary N) is 1. The van der Waals surface area contributed by atoms with Crippen molar-refractivity contribution in [1.82, 2.24) is 0 Å². The molecule has 90 valence electrons. The van der Waals surface area contributed by atoms with Gasteiger partial charge < -0.3 is 10.5 Å². The highest BCUT2D eigenvalue weighted by molar-refractivity contribution is 5.73. The minimum Gasteiger partial charge on any atom is -0.465 e. The summed E-state index contributed by atoms with van der Waals surface area (Å²) in [5, 5.41) is 0. The van der Waals surface area contributed by atoms with E-state index in [1.165, 1.54) is 6.07 Å². The number of amidine groups is 1. The average molecular weight is 234 g/mol. The smallest absolute Gasteiger partial charge is 0.282 e. The van der Waals surface area contributed by atoms with Crippen LogP contribution >= 0.6 is 0 Å². The zero-order valence-electron chi connectivity index (χ0n) is 9.53. The molecule has 1 saturated carbocycles. The lowest BCUT2D eigenvalue weighted by atomic mass is 9.80. The van der Waals surface area contributed by atoms with Gasteiger partial charge in [0.2, 0.25) is 0 Å². The number of aliphatic imine (C=N–C) groups is 1. The van der Waals surface area contributed by atoms with Gasteiger partial charge >= 0.3 is 0 Å². The Balaban J connectivity index is 2.15. The molecule has 1 aliphatic heterocycles. The van der Waals surface area contributed by atoms with Crippen molar-refractivity contribution in [2.75, 3.05) is 6.61 Å². The Morgan fingerprint density at radius 2 is 2.24 bits per heavy atom. The van der Waals surface area contributed by atoms with E-state index in [1.807, 2.05) is 12.1 Å². The SMILES string of the molecule is NC1=N[C@@]2(c3ccccc3F)CCC[C@H]2CO1. The highest BCUT2D eigenvalue weighted by atomic mass is 19.1. The predicted molar refractivity (Wildman–Crippen MR) is 63.0 cm³/mol. The summed E-state index contributed by atoms with van der Waals surface area (Å²) in [7, 11) is 0. The lowest BCUT2D eigenvalue weighted by molar-refractivity contribution is 0.146. The van der Waals surface area contributed by atoms with Gasteiger partial charge in [-0.1, -0.05) is 24.6 Å². The number of fused-ring (bicyclic) bond motifs is 1. The predicted octanol–water partition coefficient (Wildman–Crippen LogP) is 2.17. The maximum atomic E-state index is 14.0. The van der Waals surface area contributed by atoms with Crippen LogP contribution in [0.3, 0.4) is 0 Å².